The lowest BCUT2D eigenvalue weighted by molar-refractivity contribution is -0.172. The number of hydrogen-bond donors (Lipinski definition) is 6. The zero-order chi connectivity index (χ0) is 58.7. The Hall–Kier alpha value is -8.77. The topological polar surface area (TPSA) is 320 Å². The third kappa shape index (κ3) is 12.4. The zero-order valence-corrected chi connectivity index (χ0v) is 46.3. The summed E-state index contributed by atoms with van der Waals surface area (Å²) < 4.78 is 11.9. The van der Waals surface area contributed by atoms with Crippen LogP contribution in [0.4, 0.5) is 0 Å². The molecule has 2 aromatic carbocycles. The van der Waals surface area contributed by atoms with Crippen LogP contribution in [0.5, 0.6) is 0 Å². The lowest BCUT2D eigenvalue weighted by Crippen LogP contribution is -2.52. The van der Waals surface area contributed by atoms with Crippen LogP contribution in [0.15, 0.2) is 72.0 Å². The molecule has 2 aromatic heterocycles. The fraction of sp³-hybridized carbons (Fsp3) is 0.441. The maximum Gasteiger partial charge on any atom is 0.350 e. The summed E-state index contributed by atoms with van der Waals surface area (Å²) in [6.45, 7) is 4.79. The fourth-order valence-electron chi connectivity index (χ4n) is 12.0. The smallest absolute Gasteiger partial charge is 0.350 e. The van der Waals surface area contributed by atoms with Crippen LogP contribution >= 0.6 is 0 Å². The average Bonchev–Trinajstić information content (AvgIpc) is 1.83. The molecule has 3 atom stereocenters. The average molecular weight is 1140 g/mol. The van der Waals surface area contributed by atoms with Gasteiger partial charge in [-0.1, -0.05) is 42.5 Å². The number of cyclic esters (lactones) is 2. The van der Waals surface area contributed by atoms with E-state index in [1.54, 1.807) is 43.3 Å². The number of carbonyl (C=O) groups is 10. The SMILES string of the molecule is CC[C@@]1(O)C(=O)OC(=O)C2=C1C=C1c3nc4cc(C)c(C)c5c4c(c3CN1C2)[C@@H](CC(=O)COCNC(=O)CNC(=O)[C@H](Cc1ccccc1)NC(=O)CNC(=O)Cn1cc(CNC(=O)C2CCC(CN3C(=O)C=CC3=O)CC2)nn1)CC5. The second kappa shape index (κ2) is 24.4. The van der Waals surface area contributed by atoms with E-state index >= 15 is 0 Å². The van der Waals surface area contributed by atoms with Crippen molar-refractivity contribution in [3.05, 3.63) is 117 Å². The Balaban J connectivity index is 0.671. The Kier molecular flexibility index (Phi) is 16.9. The van der Waals surface area contributed by atoms with Crippen LogP contribution in [0.2, 0.25) is 0 Å². The van der Waals surface area contributed by atoms with E-state index in [1.807, 2.05) is 17.9 Å². The summed E-state index contributed by atoms with van der Waals surface area (Å²) in [6, 6.07) is 9.80. The molecular formula is C59H65N11O13. The van der Waals surface area contributed by atoms with Gasteiger partial charge in [0.2, 0.25) is 29.5 Å². The van der Waals surface area contributed by atoms with E-state index in [9.17, 15) is 53.1 Å². The number of ether oxygens (including phenoxy) is 2. The van der Waals surface area contributed by atoms with Gasteiger partial charge in [0.15, 0.2) is 11.4 Å². The van der Waals surface area contributed by atoms with Crippen molar-refractivity contribution in [2.75, 3.05) is 39.5 Å². The first-order chi connectivity index (χ1) is 39.9. The number of aromatic nitrogens is 4. The van der Waals surface area contributed by atoms with E-state index in [1.165, 1.54) is 33.5 Å². The Morgan fingerprint density at radius 1 is 0.880 bits per heavy atom. The van der Waals surface area contributed by atoms with Crippen LogP contribution in [0, 0.1) is 25.7 Å². The van der Waals surface area contributed by atoms with Gasteiger partial charge in [0, 0.05) is 60.5 Å². The third-order valence-corrected chi connectivity index (χ3v) is 16.6. The van der Waals surface area contributed by atoms with Gasteiger partial charge in [-0.25, -0.2) is 19.3 Å². The van der Waals surface area contributed by atoms with Gasteiger partial charge in [-0.15, -0.1) is 5.10 Å². The summed E-state index contributed by atoms with van der Waals surface area (Å²) in [5, 5.41) is 33.5. The number of Topliss-reactive ketones (excluding diaryl/α,β-unsaturated/α-hetero) is 1. The number of aryl methyl sites for hydroxylation is 2. The molecule has 24 nitrogen and oxygen atoms in total. The van der Waals surface area contributed by atoms with Gasteiger partial charge >= 0.3 is 11.9 Å². The number of ketones is 1. The van der Waals surface area contributed by atoms with Gasteiger partial charge in [0.1, 0.15) is 31.6 Å². The van der Waals surface area contributed by atoms with Crippen molar-refractivity contribution < 1.29 is 62.5 Å². The Morgan fingerprint density at radius 2 is 1.63 bits per heavy atom. The van der Waals surface area contributed by atoms with Gasteiger partial charge in [-0.2, -0.15) is 0 Å². The lowest BCUT2D eigenvalue weighted by atomic mass is 9.76. The van der Waals surface area contributed by atoms with E-state index in [0.717, 1.165) is 45.1 Å². The number of pyridine rings is 1. The van der Waals surface area contributed by atoms with E-state index in [2.05, 4.69) is 43.8 Å². The molecule has 10 rings (SSSR count). The summed E-state index contributed by atoms with van der Waals surface area (Å²) in [5.41, 5.74) is 6.99. The molecule has 6 N–H and O–H groups in total. The molecule has 2 aliphatic carbocycles. The normalized spacial score (nSPS) is 21.0. The molecule has 4 aromatic rings. The Bertz CT molecular complexity index is 3430. The molecule has 6 aliphatic rings. The predicted molar refractivity (Wildman–Crippen MR) is 294 cm³/mol. The van der Waals surface area contributed by atoms with Crippen LogP contribution in [0.1, 0.15) is 103 Å². The van der Waals surface area contributed by atoms with E-state index < -0.39 is 60.3 Å². The summed E-state index contributed by atoms with van der Waals surface area (Å²) in [6.07, 6.45) is 9.94. The summed E-state index contributed by atoms with van der Waals surface area (Å²) in [7, 11) is 0. The maximum atomic E-state index is 13.7. The van der Waals surface area contributed by atoms with Crippen LogP contribution in [-0.2, 0) is 89.9 Å². The third-order valence-electron chi connectivity index (χ3n) is 16.6. The molecule has 7 amide bonds. The quantitative estimate of drug-likeness (QED) is 0.0212. The summed E-state index contributed by atoms with van der Waals surface area (Å²) in [4.78, 5) is 137. The predicted octanol–water partition coefficient (Wildman–Crippen LogP) is 1.22. The molecule has 83 heavy (non-hydrogen) atoms. The molecule has 24 heteroatoms. The Morgan fingerprint density at radius 3 is 2.37 bits per heavy atom. The number of nitrogens with zero attached hydrogens (tertiary/aromatic N) is 6. The fourth-order valence-corrected chi connectivity index (χ4v) is 12.0. The van der Waals surface area contributed by atoms with Crippen molar-refractivity contribution in [2.24, 2.45) is 11.8 Å². The van der Waals surface area contributed by atoms with Gasteiger partial charge in [0.05, 0.1) is 54.9 Å². The lowest BCUT2D eigenvalue weighted by Gasteiger charge is -2.36. The second-order valence-corrected chi connectivity index (χ2v) is 22.1. The number of aliphatic hydroxyl groups is 1. The molecule has 434 valence electrons. The highest BCUT2D eigenvalue weighted by Gasteiger charge is 2.50. The van der Waals surface area contributed by atoms with E-state index in [0.29, 0.717) is 62.3 Å². The van der Waals surface area contributed by atoms with Crippen molar-refractivity contribution >= 4 is 75.7 Å². The van der Waals surface area contributed by atoms with Crippen molar-refractivity contribution in [3.8, 4) is 0 Å². The highest BCUT2D eigenvalue weighted by Crippen LogP contribution is 2.49. The molecule has 0 unspecified atom stereocenters. The standard InChI is InChI=1S/C59H65N11O13/c1-4-59(81)43-21-46-54-42(28-68(46)27-41(43)57(79)83-58(59)80)52-37(14-15-40-33(3)32(2)18-44(65-54)53(40)52)20-39(71)30-82-31-63-47(72)23-62-56(78)45(19-34-8-6-5-7-9-34)64-48(73)24-60-49(74)29-69-26-38(66-67-69)22-61-55(77)36-12-10-35(11-13-36)25-70-50(75)16-17-51(70)76/h5-9,16-18,21,26,35-37,45,81H,4,10-15,19-20,22-25,27-31H2,1-3H3,(H,60,74)(H,61,77)(H,62,78)(H,63,72)(H,64,73)/t35?,36?,37-,45+,59+/m1/s1. The minimum atomic E-state index is -1.98. The molecule has 0 bridgehead atoms. The van der Waals surface area contributed by atoms with E-state index in [4.69, 9.17) is 14.5 Å². The van der Waals surface area contributed by atoms with Crippen LogP contribution in [-0.4, -0.2) is 145 Å². The highest BCUT2D eigenvalue weighted by molar-refractivity contribution is 6.13. The van der Waals surface area contributed by atoms with Gasteiger partial charge in [-0.05, 0) is 111 Å². The minimum absolute atomic E-state index is 0.00812. The summed E-state index contributed by atoms with van der Waals surface area (Å²) in [5.74, 6) is -5.63. The second-order valence-electron chi connectivity index (χ2n) is 22.1. The number of fused-ring (bicyclic) bond motifs is 4. The Labute approximate surface area is 476 Å². The van der Waals surface area contributed by atoms with Crippen molar-refractivity contribution in [3.63, 3.8) is 0 Å². The van der Waals surface area contributed by atoms with Gasteiger partial charge < -0.3 is 46.1 Å². The monoisotopic (exact) mass is 1140 g/mol. The number of benzene rings is 2. The number of esters is 2. The largest absolute Gasteiger partial charge is 0.387 e. The van der Waals surface area contributed by atoms with Crippen molar-refractivity contribution in [1.82, 2.24) is 56.4 Å². The summed E-state index contributed by atoms with van der Waals surface area (Å²) >= 11 is 0. The van der Waals surface area contributed by atoms with E-state index in [-0.39, 0.29) is 105 Å². The number of carbonyl (C=O) groups excluding carboxylic acids is 10. The maximum absolute atomic E-state index is 13.7. The first kappa shape index (κ1) is 57.5. The molecule has 0 radical (unpaired) electrons. The molecule has 4 aliphatic heterocycles. The van der Waals surface area contributed by atoms with Crippen molar-refractivity contribution in [2.45, 2.75) is 116 Å². The number of hydrogen-bond acceptors (Lipinski definition) is 17. The van der Waals surface area contributed by atoms with Crippen LogP contribution in [0.3, 0.4) is 0 Å². The number of amides is 7. The molecule has 1 fully saturated rings. The van der Waals surface area contributed by atoms with Crippen molar-refractivity contribution in [1.29, 1.82) is 0 Å². The van der Waals surface area contributed by atoms with Gasteiger partial charge in [-0.3, -0.25) is 43.3 Å². The molecule has 0 saturated heterocycles. The molecule has 0 spiro atoms. The minimum Gasteiger partial charge on any atom is -0.387 e. The number of nitrogens with one attached hydrogen (secondary N) is 5. The highest BCUT2D eigenvalue weighted by atomic mass is 16.6. The molecule has 1 saturated carbocycles. The zero-order valence-electron chi connectivity index (χ0n) is 46.3. The van der Waals surface area contributed by atoms with Crippen LogP contribution in [0.25, 0.3) is 16.6 Å². The molecular weight excluding hydrogens is 1070 g/mol. The molecule has 6 heterocycles. The van der Waals surface area contributed by atoms with Gasteiger partial charge in [0.25, 0.3) is 11.8 Å². The first-order valence-electron chi connectivity index (χ1n) is 28.0. The number of imide groups is 1. The van der Waals surface area contributed by atoms with Crippen LogP contribution < -0.4 is 26.6 Å². The first-order valence-corrected chi connectivity index (χ1v) is 28.0. The number of rotatable bonds is 22.